The normalized spacial score (nSPS) is 13.0. The van der Waals surface area contributed by atoms with Gasteiger partial charge in [-0.1, -0.05) is 48.5 Å². The molecule has 0 saturated heterocycles. The van der Waals surface area contributed by atoms with Gasteiger partial charge in [-0.05, 0) is 35.7 Å². The maximum absolute atomic E-state index is 13.9. The SMILES string of the molecule is Cc1c(C(=O)Oc2ccccc2)c(OCc2ccccc2)c2c(c1C(F)(F)F)CNC2. The van der Waals surface area contributed by atoms with Crippen LogP contribution in [0.2, 0.25) is 0 Å². The minimum atomic E-state index is -4.61. The van der Waals surface area contributed by atoms with Crippen molar-refractivity contribution < 1.29 is 27.4 Å². The molecule has 7 heteroatoms. The highest BCUT2D eigenvalue weighted by Gasteiger charge is 2.41. The van der Waals surface area contributed by atoms with Crippen LogP contribution in [0.4, 0.5) is 13.2 Å². The summed E-state index contributed by atoms with van der Waals surface area (Å²) in [4.78, 5) is 13.1. The lowest BCUT2D eigenvalue weighted by Crippen LogP contribution is -2.20. The van der Waals surface area contributed by atoms with E-state index in [0.717, 1.165) is 5.56 Å². The van der Waals surface area contributed by atoms with E-state index >= 15 is 0 Å². The molecule has 3 aromatic rings. The molecule has 0 bridgehead atoms. The number of benzene rings is 3. The molecule has 1 N–H and O–H groups in total. The summed E-state index contributed by atoms with van der Waals surface area (Å²) in [6.45, 7) is 1.64. The average Bonchev–Trinajstić information content (AvgIpc) is 3.21. The van der Waals surface area contributed by atoms with Gasteiger partial charge in [0.05, 0.1) is 5.56 Å². The number of halogens is 3. The molecular formula is C24H20F3NO3. The van der Waals surface area contributed by atoms with E-state index in [9.17, 15) is 18.0 Å². The van der Waals surface area contributed by atoms with Gasteiger partial charge in [-0.15, -0.1) is 0 Å². The predicted molar refractivity (Wildman–Crippen MR) is 109 cm³/mol. The van der Waals surface area contributed by atoms with Gasteiger partial charge in [-0.3, -0.25) is 0 Å². The molecule has 0 unspecified atom stereocenters. The van der Waals surface area contributed by atoms with Gasteiger partial charge >= 0.3 is 12.1 Å². The van der Waals surface area contributed by atoms with Gasteiger partial charge in [0.25, 0.3) is 0 Å². The summed E-state index contributed by atoms with van der Waals surface area (Å²) in [5.74, 6) is -0.504. The van der Waals surface area contributed by atoms with E-state index < -0.39 is 17.7 Å². The van der Waals surface area contributed by atoms with Gasteiger partial charge in [0.15, 0.2) is 0 Å². The number of nitrogens with one attached hydrogen (secondary N) is 1. The van der Waals surface area contributed by atoms with Crippen LogP contribution in [0.3, 0.4) is 0 Å². The van der Waals surface area contributed by atoms with Crippen LogP contribution in [-0.4, -0.2) is 5.97 Å². The van der Waals surface area contributed by atoms with E-state index in [1.807, 2.05) is 30.3 Å². The van der Waals surface area contributed by atoms with Crippen molar-refractivity contribution in [2.75, 3.05) is 0 Å². The maximum atomic E-state index is 13.9. The second-order valence-electron chi connectivity index (χ2n) is 7.24. The minimum Gasteiger partial charge on any atom is -0.488 e. The zero-order chi connectivity index (χ0) is 22.0. The Morgan fingerprint density at radius 3 is 2.23 bits per heavy atom. The molecule has 0 radical (unpaired) electrons. The van der Waals surface area contributed by atoms with Crippen LogP contribution in [0.1, 0.15) is 38.2 Å². The average molecular weight is 427 g/mol. The molecule has 0 aliphatic carbocycles. The molecule has 1 aliphatic heterocycles. The fourth-order valence-corrected chi connectivity index (χ4v) is 3.82. The molecule has 0 atom stereocenters. The fourth-order valence-electron chi connectivity index (χ4n) is 3.82. The fraction of sp³-hybridized carbons (Fsp3) is 0.208. The van der Waals surface area contributed by atoms with Gasteiger partial charge in [0.2, 0.25) is 0 Å². The van der Waals surface area contributed by atoms with Crippen molar-refractivity contribution in [2.24, 2.45) is 0 Å². The van der Waals surface area contributed by atoms with Crippen molar-refractivity contribution in [3.8, 4) is 11.5 Å². The van der Waals surface area contributed by atoms with E-state index in [1.54, 1.807) is 30.3 Å². The molecule has 0 aromatic heterocycles. The van der Waals surface area contributed by atoms with E-state index in [4.69, 9.17) is 9.47 Å². The number of ether oxygens (including phenoxy) is 2. The molecule has 1 heterocycles. The molecule has 4 nitrogen and oxygen atoms in total. The van der Waals surface area contributed by atoms with Crippen molar-refractivity contribution in [1.82, 2.24) is 5.32 Å². The molecule has 1 aliphatic rings. The van der Waals surface area contributed by atoms with Gasteiger partial charge in [0, 0.05) is 18.7 Å². The second-order valence-corrected chi connectivity index (χ2v) is 7.24. The first kappa shape index (κ1) is 20.9. The van der Waals surface area contributed by atoms with Crippen LogP contribution in [0.25, 0.3) is 0 Å². The quantitative estimate of drug-likeness (QED) is 0.437. The lowest BCUT2D eigenvalue weighted by Gasteiger charge is -2.22. The van der Waals surface area contributed by atoms with Crippen molar-refractivity contribution >= 4 is 5.97 Å². The van der Waals surface area contributed by atoms with Crippen LogP contribution in [0, 0.1) is 6.92 Å². The molecule has 0 amide bonds. The summed E-state index contributed by atoms with van der Waals surface area (Å²) >= 11 is 0. The number of carbonyl (C=O) groups is 1. The topological polar surface area (TPSA) is 47.6 Å². The number of para-hydroxylation sites is 1. The zero-order valence-corrected chi connectivity index (χ0v) is 16.8. The number of rotatable bonds is 5. The van der Waals surface area contributed by atoms with Crippen molar-refractivity contribution in [3.63, 3.8) is 0 Å². The van der Waals surface area contributed by atoms with Gasteiger partial charge in [0.1, 0.15) is 23.7 Å². The summed E-state index contributed by atoms with van der Waals surface area (Å²) in [5.41, 5.74) is 0.0911. The number of esters is 1. The molecule has 3 aromatic carbocycles. The van der Waals surface area contributed by atoms with E-state index in [0.29, 0.717) is 5.56 Å². The Morgan fingerprint density at radius 1 is 0.968 bits per heavy atom. The molecule has 4 rings (SSSR count). The van der Waals surface area contributed by atoms with Gasteiger partial charge < -0.3 is 14.8 Å². The predicted octanol–water partition coefficient (Wildman–Crippen LogP) is 5.42. The Hall–Kier alpha value is -3.32. The third-order valence-corrected chi connectivity index (χ3v) is 5.19. The van der Waals surface area contributed by atoms with Gasteiger partial charge in [-0.2, -0.15) is 13.2 Å². The summed E-state index contributed by atoms with van der Waals surface area (Å²) in [5, 5.41) is 2.95. The Kier molecular flexibility index (Phi) is 5.69. The van der Waals surface area contributed by atoms with Crippen LogP contribution in [0.15, 0.2) is 60.7 Å². The van der Waals surface area contributed by atoms with Crippen LogP contribution < -0.4 is 14.8 Å². The zero-order valence-electron chi connectivity index (χ0n) is 16.8. The Labute approximate surface area is 177 Å². The third kappa shape index (κ3) is 4.27. The minimum absolute atomic E-state index is 0.0563. The summed E-state index contributed by atoms with van der Waals surface area (Å²) < 4.78 is 53.2. The smallest absolute Gasteiger partial charge is 0.417 e. The van der Waals surface area contributed by atoms with Crippen LogP contribution in [0.5, 0.6) is 11.5 Å². The van der Waals surface area contributed by atoms with Crippen LogP contribution in [-0.2, 0) is 25.9 Å². The highest BCUT2D eigenvalue weighted by atomic mass is 19.4. The first-order valence-corrected chi connectivity index (χ1v) is 9.76. The lowest BCUT2D eigenvalue weighted by atomic mass is 9.91. The van der Waals surface area contributed by atoms with Gasteiger partial charge in [-0.25, -0.2) is 4.79 Å². The third-order valence-electron chi connectivity index (χ3n) is 5.19. The monoisotopic (exact) mass is 427 g/mol. The van der Waals surface area contributed by atoms with E-state index in [2.05, 4.69) is 5.32 Å². The summed E-state index contributed by atoms with van der Waals surface area (Å²) in [7, 11) is 0. The largest absolute Gasteiger partial charge is 0.488 e. The first-order chi connectivity index (χ1) is 14.9. The summed E-state index contributed by atoms with van der Waals surface area (Å²) in [6.07, 6.45) is -4.61. The molecule has 0 spiro atoms. The van der Waals surface area contributed by atoms with Crippen molar-refractivity contribution in [1.29, 1.82) is 0 Å². The molecule has 0 saturated carbocycles. The Bertz CT molecular complexity index is 1100. The number of alkyl halides is 3. The number of carbonyl (C=O) groups excluding carboxylic acids is 1. The summed E-state index contributed by atoms with van der Waals surface area (Å²) in [6, 6.07) is 17.5. The Morgan fingerprint density at radius 2 is 1.58 bits per heavy atom. The van der Waals surface area contributed by atoms with Crippen molar-refractivity contribution in [2.45, 2.75) is 32.8 Å². The van der Waals surface area contributed by atoms with E-state index in [-0.39, 0.29) is 47.9 Å². The number of fused-ring (bicyclic) bond motifs is 1. The highest BCUT2D eigenvalue weighted by Crippen LogP contribution is 2.44. The highest BCUT2D eigenvalue weighted by molar-refractivity contribution is 5.97. The lowest BCUT2D eigenvalue weighted by molar-refractivity contribution is -0.138. The molecule has 160 valence electrons. The molecule has 31 heavy (non-hydrogen) atoms. The number of hydrogen-bond acceptors (Lipinski definition) is 4. The van der Waals surface area contributed by atoms with Crippen LogP contribution >= 0.6 is 0 Å². The molecule has 0 fully saturated rings. The van der Waals surface area contributed by atoms with E-state index in [1.165, 1.54) is 6.92 Å². The Balaban J connectivity index is 1.82. The second kappa shape index (κ2) is 8.43. The standard InChI is InChI=1S/C24H20F3NO3/c1-15-20(23(29)31-17-10-6-3-7-11-17)22(30-14-16-8-4-2-5-9-16)19-13-28-12-18(19)21(15)24(25,26)27/h2-11,28H,12-14H2,1H3. The maximum Gasteiger partial charge on any atom is 0.417 e. The van der Waals surface area contributed by atoms with Crippen molar-refractivity contribution in [3.05, 3.63) is 94.0 Å². The number of hydrogen-bond donors (Lipinski definition) is 1. The molecular weight excluding hydrogens is 407 g/mol. The first-order valence-electron chi connectivity index (χ1n) is 9.76.